The van der Waals surface area contributed by atoms with Crippen LogP contribution in [0, 0.1) is 5.92 Å². The van der Waals surface area contributed by atoms with E-state index in [-0.39, 0.29) is 18.4 Å². The quantitative estimate of drug-likeness (QED) is 0.504. The minimum absolute atomic E-state index is 0.228. The van der Waals surface area contributed by atoms with Gasteiger partial charge >= 0.3 is 0 Å². The Bertz CT molecular complexity index is 897. The summed E-state index contributed by atoms with van der Waals surface area (Å²) in [4.78, 5) is 41.1. The second-order valence-corrected chi connectivity index (χ2v) is 8.92. The lowest BCUT2D eigenvalue weighted by Crippen LogP contribution is -2.36. The van der Waals surface area contributed by atoms with Crippen LogP contribution in [0.15, 0.2) is 29.2 Å². The van der Waals surface area contributed by atoms with Gasteiger partial charge in [-0.25, -0.2) is 0 Å². The molecule has 2 N–H and O–H groups in total. The molecule has 0 aliphatic carbocycles. The number of nitrogens with zero attached hydrogens (tertiary/aromatic N) is 2. The van der Waals surface area contributed by atoms with Crippen molar-refractivity contribution < 1.29 is 14.4 Å². The molecule has 1 aromatic carbocycles. The van der Waals surface area contributed by atoms with E-state index in [1.165, 1.54) is 16.7 Å². The minimum atomic E-state index is -0.608. The molecule has 0 spiro atoms. The van der Waals surface area contributed by atoms with Crippen molar-refractivity contribution >= 4 is 57.3 Å². The van der Waals surface area contributed by atoms with Crippen LogP contribution in [-0.2, 0) is 14.4 Å². The molecule has 1 saturated heterocycles. The summed E-state index contributed by atoms with van der Waals surface area (Å²) in [7, 11) is 0. The number of unbranched alkanes of at least 4 members (excludes halogenated alkanes) is 1. The van der Waals surface area contributed by atoms with Crippen molar-refractivity contribution in [2.75, 3.05) is 18.0 Å². The van der Waals surface area contributed by atoms with E-state index >= 15 is 0 Å². The molecule has 0 saturated carbocycles. The van der Waals surface area contributed by atoms with Gasteiger partial charge in [0.25, 0.3) is 11.8 Å². The molecule has 0 aromatic heterocycles. The summed E-state index contributed by atoms with van der Waals surface area (Å²) in [5.41, 5.74) is 6.86. The van der Waals surface area contributed by atoms with Crippen LogP contribution in [0.2, 0.25) is 0 Å². The number of amides is 3. The summed E-state index contributed by atoms with van der Waals surface area (Å²) in [5, 5.41) is 0. The van der Waals surface area contributed by atoms with E-state index in [0.717, 1.165) is 25.7 Å². The second-order valence-electron chi connectivity index (χ2n) is 7.28. The smallest absolute Gasteiger partial charge is 0.267 e. The van der Waals surface area contributed by atoms with Gasteiger partial charge in [0.15, 0.2) is 0 Å². The molecule has 1 aromatic rings. The third-order valence-electron chi connectivity index (χ3n) is 5.30. The van der Waals surface area contributed by atoms with Crippen molar-refractivity contribution in [1.82, 2.24) is 4.90 Å². The summed E-state index contributed by atoms with van der Waals surface area (Å²) < 4.78 is 0.478. The van der Waals surface area contributed by atoms with Gasteiger partial charge in [0.1, 0.15) is 10.9 Å². The lowest BCUT2D eigenvalue weighted by molar-refractivity contribution is -0.123. The summed E-state index contributed by atoms with van der Waals surface area (Å²) in [6.07, 6.45) is 4.24. The van der Waals surface area contributed by atoms with Gasteiger partial charge in [0, 0.05) is 12.1 Å². The van der Waals surface area contributed by atoms with Gasteiger partial charge in [-0.1, -0.05) is 75.3 Å². The number of anilines is 1. The number of carbonyl (C=O) groups excluding carboxylic acids is 3. The number of fused-ring (bicyclic) bond motifs is 1. The summed E-state index contributed by atoms with van der Waals surface area (Å²) >= 11 is 6.65. The van der Waals surface area contributed by atoms with Crippen LogP contribution in [0.5, 0.6) is 0 Å². The number of thiocarbonyl (C=S) groups is 1. The van der Waals surface area contributed by atoms with Gasteiger partial charge in [-0.2, -0.15) is 0 Å². The van der Waals surface area contributed by atoms with Crippen molar-refractivity contribution in [2.45, 2.75) is 39.5 Å². The van der Waals surface area contributed by atoms with Crippen LogP contribution in [0.4, 0.5) is 5.69 Å². The number of carbonyl (C=O) groups is 3. The molecule has 2 aliphatic heterocycles. The van der Waals surface area contributed by atoms with Crippen LogP contribution >= 0.6 is 24.0 Å². The highest BCUT2D eigenvalue weighted by Gasteiger charge is 2.42. The third-order valence-corrected chi connectivity index (χ3v) is 6.75. The van der Waals surface area contributed by atoms with E-state index in [1.54, 1.807) is 29.2 Å². The maximum Gasteiger partial charge on any atom is 0.267 e. The molecule has 0 radical (unpaired) electrons. The summed E-state index contributed by atoms with van der Waals surface area (Å²) in [6, 6.07) is 7.13. The molecule has 3 amide bonds. The molecule has 154 valence electrons. The number of primary amides is 1. The first-order valence-electron chi connectivity index (χ1n) is 9.86. The maximum absolute atomic E-state index is 13.2. The molecule has 8 heteroatoms. The van der Waals surface area contributed by atoms with Crippen LogP contribution in [0.1, 0.15) is 45.1 Å². The van der Waals surface area contributed by atoms with Crippen molar-refractivity contribution in [3.05, 3.63) is 34.7 Å². The number of para-hydroxylation sites is 1. The van der Waals surface area contributed by atoms with Gasteiger partial charge in [0.05, 0.1) is 16.2 Å². The number of hydrogen-bond donors (Lipinski definition) is 1. The molecule has 2 heterocycles. The second kappa shape index (κ2) is 9.09. The van der Waals surface area contributed by atoms with Crippen LogP contribution in [0.3, 0.4) is 0 Å². The number of benzene rings is 1. The Morgan fingerprint density at radius 1 is 1.17 bits per heavy atom. The predicted molar refractivity (Wildman–Crippen MR) is 120 cm³/mol. The maximum atomic E-state index is 13.2. The Labute approximate surface area is 180 Å². The number of hydrogen-bond acceptors (Lipinski definition) is 5. The van der Waals surface area contributed by atoms with Crippen molar-refractivity contribution in [1.29, 1.82) is 0 Å². The molecule has 1 fully saturated rings. The van der Waals surface area contributed by atoms with E-state index < -0.39 is 5.91 Å². The molecular weight excluding hydrogens is 406 g/mol. The first-order chi connectivity index (χ1) is 13.9. The van der Waals surface area contributed by atoms with Crippen LogP contribution in [-0.4, -0.2) is 40.0 Å². The van der Waals surface area contributed by atoms with Crippen molar-refractivity contribution in [3.8, 4) is 0 Å². The third kappa shape index (κ3) is 4.23. The topological polar surface area (TPSA) is 83.7 Å². The Morgan fingerprint density at radius 3 is 2.55 bits per heavy atom. The first-order valence-corrected chi connectivity index (χ1v) is 11.1. The number of thioether (sulfide) groups is 1. The number of rotatable bonds is 8. The van der Waals surface area contributed by atoms with Crippen molar-refractivity contribution in [3.63, 3.8) is 0 Å². The Balaban J connectivity index is 1.95. The molecule has 2 aliphatic rings. The number of nitrogens with two attached hydrogens (primary N) is 1. The van der Waals surface area contributed by atoms with E-state index in [2.05, 4.69) is 13.8 Å². The zero-order valence-electron chi connectivity index (χ0n) is 16.6. The predicted octanol–water partition coefficient (Wildman–Crippen LogP) is 3.31. The fourth-order valence-electron chi connectivity index (χ4n) is 3.69. The molecule has 6 nitrogen and oxygen atoms in total. The van der Waals surface area contributed by atoms with Crippen LogP contribution < -0.4 is 10.6 Å². The van der Waals surface area contributed by atoms with E-state index in [4.69, 9.17) is 18.0 Å². The Hall–Kier alpha value is -2.19. The highest BCUT2D eigenvalue weighted by molar-refractivity contribution is 8.26. The lowest BCUT2D eigenvalue weighted by atomic mass is 9.98. The highest BCUT2D eigenvalue weighted by atomic mass is 32.2. The van der Waals surface area contributed by atoms with Crippen molar-refractivity contribution in [2.24, 2.45) is 11.7 Å². The standard InChI is InChI=1S/C21H25N3O3S2/c1-3-5-8-13(4-2)11-24-20(27)18(29-21(24)28)17-14-9-6-7-10-15(14)23(19(17)26)12-16(22)25/h6-7,9-10,13H,3-5,8,11-12H2,1-2H3,(H2,22,25)/b18-17+/t13-/m1/s1. The zero-order chi connectivity index (χ0) is 21.1. The van der Waals surface area contributed by atoms with Gasteiger partial charge in [-0.15, -0.1) is 0 Å². The highest BCUT2D eigenvalue weighted by Crippen LogP contribution is 2.44. The van der Waals surface area contributed by atoms with Gasteiger partial charge in [-0.3, -0.25) is 24.2 Å². The fourth-order valence-corrected chi connectivity index (χ4v) is 5.04. The van der Waals surface area contributed by atoms with E-state index in [9.17, 15) is 14.4 Å². The fraction of sp³-hybridized carbons (Fsp3) is 0.429. The summed E-state index contributed by atoms with van der Waals surface area (Å²) in [6.45, 7) is 4.61. The average Bonchev–Trinajstić information content (AvgIpc) is 3.12. The minimum Gasteiger partial charge on any atom is -0.368 e. The van der Waals surface area contributed by atoms with E-state index in [0.29, 0.717) is 38.5 Å². The van der Waals surface area contributed by atoms with Crippen LogP contribution in [0.25, 0.3) is 5.57 Å². The lowest BCUT2D eigenvalue weighted by Gasteiger charge is -2.21. The van der Waals surface area contributed by atoms with Gasteiger partial charge in [-0.05, 0) is 18.4 Å². The van der Waals surface area contributed by atoms with Gasteiger partial charge < -0.3 is 5.73 Å². The largest absolute Gasteiger partial charge is 0.368 e. The average molecular weight is 432 g/mol. The Morgan fingerprint density at radius 2 is 1.90 bits per heavy atom. The Kier molecular flexibility index (Phi) is 6.74. The molecule has 1 atom stereocenters. The molecule has 29 heavy (non-hydrogen) atoms. The monoisotopic (exact) mass is 431 g/mol. The molecule has 0 unspecified atom stereocenters. The SMILES string of the molecule is CCCC[C@@H](CC)CN1C(=O)/C(=C2\C(=O)N(CC(N)=O)c3ccccc32)SC1=S. The first kappa shape index (κ1) is 21.5. The van der Waals surface area contributed by atoms with E-state index in [1.807, 2.05) is 0 Å². The molecule has 3 rings (SSSR count). The molecule has 0 bridgehead atoms. The summed E-state index contributed by atoms with van der Waals surface area (Å²) in [5.74, 6) is -0.846. The zero-order valence-corrected chi connectivity index (χ0v) is 18.3. The molecular formula is C21H25N3O3S2. The normalized spacial score (nSPS) is 19.9. The van der Waals surface area contributed by atoms with Gasteiger partial charge in [0.2, 0.25) is 5.91 Å².